The summed E-state index contributed by atoms with van der Waals surface area (Å²) in [5.41, 5.74) is 1.13. The molecule has 1 rings (SSSR count). The molecule has 21 heavy (non-hydrogen) atoms. The number of nitrogens with one attached hydrogen (secondary N) is 1. The maximum absolute atomic E-state index is 12.1. The number of carbonyl (C=O) groups excluding carboxylic acids is 1. The van der Waals surface area contributed by atoms with Crippen LogP contribution in [0.2, 0.25) is 0 Å². The SMILES string of the molecule is CC[C@H](Oc1cccc(C)c1)C(=O)NCCSC(C)(C)C. The highest BCUT2D eigenvalue weighted by molar-refractivity contribution is 8.00. The number of amides is 1. The van der Waals surface area contributed by atoms with Gasteiger partial charge in [-0.1, -0.05) is 39.8 Å². The van der Waals surface area contributed by atoms with Crippen molar-refractivity contribution in [3.8, 4) is 5.75 Å². The van der Waals surface area contributed by atoms with Crippen LogP contribution < -0.4 is 10.1 Å². The molecule has 1 aromatic rings. The second-order valence-corrected chi connectivity index (χ2v) is 8.00. The van der Waals surface area contributed by atoms with Gasteiger partial charge in [0.1, 0.15) is 5.75 Å². The molecule has 0 radical (unpaired) electrons. The Balaban J connectivity index is 2.43. The molecular weight excluding hydrogens is 282 g/mol. The summed E-state index contributed by atoms with van der Waals surface area (Å²) >= 11 is 1.85. The third-order valence-corrected chi connectivity index (χ3v) is 4.14. The van der Waals surface area contributed by atoms with Crippen LogP contribution in [0.25, 0.3) is 0 Å². The number of carbonyl (C=O) groups is 1. The molecule has 4 heteroatoms. The van der Waals surface area contributed by atoms with Crippen molar-refractivity contribution in [1.82, 2.24) is 5.32 Å². The number of hydrogen-bond donors (Lipinski definition) is 1. The Morgan fingerprint density at radius 3 is 2.67 bits per heavy atom. The van der Waals surface area contributed by atoms with Crippen LogP contribution in [-0.2, 0) is 4.79 Å². The van der Waals surface area contributed by atoms with E-state index in [1.807, 2.05) is 49.9 Å². The van der Waals surface area contributed by atoms with Crippen molar-refractivity contribution in [3.05, 3.63) is 29.8 Å². The van der Waals surface area contributed by atoms with E-state index in [-0.39, 0.29) is 10.7 Å². The van der Waals surface area contributed by atoms with Gasteiger partial charge in [-0.05, 0) is 31.0 Å². The van der Waals surface area contributed by atoms with Gasteiger partial charge in [-0.3, -0.25) is 4.79 Å². The topological polar surface area (TPSA) is 38.3 Å². The van der Waals surface area contributed by atoms with Crippen molar-refractivity contribution in [2.24, 2.45) is 0 Å². The van der Waals surface area contributed by atoms with E-state index in [0.717, 1.165) is 17.1 Å². The summed E-state index contributed by atoms with van der Waals surface area (Å²) in [5, 5.41) is 2.96. The molecule has 1 amide bonds. The molecule has 0 aromatic heterocycles. The van der Waals surface area contributed by atoms with Crippen LogP contribution in [0, 0.1) is 6.92 Å². The highest BCUT2D eigenvalue weighted by Gasteiger charge is 2.18. The predicted molar refractivity (Wildman–Crippen MR) is 91.1 cm³/mol. The highest BCUT2D eigenvalue weighted by atomic mass is 32.2. The van der Waals surface area contributed by atoms with Gasteiger partial charge in [0.25, 0.3) is 5.91 Å². The minimum absolute atomic E-state index is 0.0338. The van der Waals surface area contributed by atoms with Gasteiger partial charge in [0.15, 0.2) is 6.10 Å². The normalized spacial score (nSPS) is 12.8. The Morgan fingerprint density at radius 1 is 1.38 bits per heavy atom. The van der Waals surface area contributed by atoms with E-state index in [2.05, 4.69) is 26.1 Å². The standard InChI is InChI=1S/C17H27NO2S/c1-6-15(20-14-9-7-8-13(2)12-14)16(19)18-10-11-21-17(3,4)5/h7-9,12,15H,6,10-11H2,1-5H3,(H,18,19)/t15-/m0/s1. The van der Waals surface area contributed by atoms with Gasteiger partial charge in [0, 0.05) is 17.0 Å². The van der Waals surface area contributed by atoms with E-state index < -0.39 is 6.10 Å². The average molecular weight is 309 g/mol. The lowest BCUT2D eigenvalue weighted by atomic mass is 10.2. The Bertz CT molecular complexity index is 454. The van der Waals surface area contributed by atoms with Gasteiger partial charge in [-0.25, -0.2) is 0 Å². The summed E-state index contributed by atoms with van der Waals surface area (Å²) in [6.45, 7) is 11.2. The molecule has 0 spiro atoms. The summed E-state index contributed by atoms with van der Waals surface area (Å²) in [4.78, 5) is 12.1. The summed E-state index contributed by atoms with van der Waals surface area (Å²) in [7, 11) is 0. The van der Waals surface area contributed by atoms with Crippen LogP contribution in [0.4, 0.5) is 0 Å². The Labute approximate surface area is 132 Å². The van der Waals surface area contributed by atoms with Crippen LogP contribution in [0.3, 0.4) is 0 Å². The highest BCUT2D eigenvalue weighted by Crippen LogP contribution is 2.22. The molecule has 0 bridgehead atoms. The largest absolute Gasteiger partial charge is 0.481 e. The van der Waals surface area contributed by atoms with E-state index in [1.165, 1.54) is 0 Å². The second kappa shape index (κ2) is 8.32. The first-order valence-electron chi connectivity index (χ1n) is 7.47. The molecule has 0 fully saturated rings. The molecule has 0 aliphatic carbocycles. The average Bonchev–Trinajstić information content (AvgIpc) is 2.39. The third kappa shape index (κ3) is 7.42. The summed E-state index contributed by atoms with van der Waals surface area (Å²) < 4.78 is 6.01. The number of ether oxygens (including phenoxy) is 1. The first-order valence-corrected chi connectivity index (χ1v) is 8.45. The molecule has 0 saturated heterocycles. The summed E-state index contributed by atoms with van der Waals surface area (Å²) in [5.74, 6) is 1.63. The number of rotatable bonds is 7. The van der Waals surface area contributed by atoms with Gasteiger partial charge < -0.3 is 10.1 Å². The third-order valence-electron chi connectivity index (χ3n) is 2.87. The molecule has 0 saturated carbocycles. The fraction of sp³-hybridized carbons (Fsp3) is 0.588. The zero-order valence-electron chi connectivity index (χ0n) is 13.7. The zero-order chi connectivity index (χ0) is 15.9. The molecular formula is C17H27NO2S. The van der Waals surface area contributed by atoms with Gasteiger partial charge in [0.05, 0.1) is 0 Å². The predicted octanol–water partition coefficient (Wildman–Crippen LogP) is 3.80. The fourth-order valence-electron chi connectivity index (χ4n) is 1.82. The lowest BCUT2D eigenvalue weighted by Crippen LogP contribution is -2.39. The number of aryl methyl sites for hydroxylation is 1. The van der Waals surface area contributed by atoms with Crippen LogP contribution in [-0.4, -0.2) is 29.1 Å². The summed E-state index contributed by atoms with van der Waals surface area (Å²) in [6.07, 6.45) is 0.234. The molecule has 0 aliphatic heterocycles. The fourth-order valence-corrected chi connectivity index (χ4v) is 2.64. The van der Waals surface area contributed by atoms with E-state index >= 15 is 0 Å². The van der Waals surface area contributed by atoms with Gasteiger partial charge in [0.2, 0.25) is 0 Å². The maximum atomic E-state index is 12.1. The van der Waals surface area contributed by atoms with Crippen molar-refractivity contribution in [3.63, 3.8) is 0 Å². The van der Waals surface area contributed by atoms with E-state index in [1.54, 1.807) is 0 Å². The Morgan fingerprint density at radius 2 is 2.10 bits per heavy atom. The minimum atomic E-state index is -0.425. The summed E-state index contributed by atoms with van der Waals surface area (Å²) in [6, 6.07) is 7.79. The Kier molecular flexibility index (Phi) is 7.09. The number of thioether (sulfide) groups is 1. The molecule has 1 atom stereocenters. The van der Waals surface area contributed by atoms with Crippen molar-refractivity contribution >= 4 is 17.7 Å². The van der Waals surface area contributed by atoms with Gasteiger partial charge >= 0.3 is 0 Å². The van der Waals surface area contributed by atoms with Crippen molar-refractivity contribution < 1.29 is 9.53 Å². The molecule has 3 nitrogen and oxygen atoms in total. The first kappa shape index (κ1) is 17.9. The lowest BCUT2D eigenvalue weighted by Gasteiger charge is -2.19. The quantitative estimate of drug-likeness (QED) is 0.779. The van der Waals surface area contributed by atoms with Crippen LogP contribution in [0.5, 0.6) is 5.75 Å². The van der Waals surface area contributed by atoms with Gasteiger partial charge in [-0.2, -0.15) is 11.8 Å². The van der Waals surface area contributed by atoms with Gasteiger partial charge in [-0.15, -0.1) is 0 Å². The van der Waals surface area contributed by atoms with E-state index in [0.29, 0.717) is 13.0 Å². The molecule has 0 aliphatic rings. The second-order valence-electron chi connectivity index (χ2n) is 6.08. The minimum Gasteiger partial charge on any atom is -0.481 e. The zero-order valence-corrected chi connectivity index (χ0v) is 14.5. The van der Waals surface area contributed by atoms with Crippen LogP contribution in [0.15, 0.2) is 24.3 Å². The van der Waals surface area contributed by atoms with Crippen molar-refractivity contribution in [2.45, 2.75) is 51.9 Å². The molecule has 1 N–H and O–H groups in total. The van der Waals surface area contributed by atoms with Crippen molar-refractivity contribution in [1.29, 1.82) is 0 Å². The molecule has 118 valence electrons. The Hall–Kier alpha value is -1.16. The van der Waals surface area contributed by atoms with E-state index in [4.69, 9.17) is 4.74 Å². The van der Waals surface area contributed by atoms with Crippen molar-refractivity contribution in [2.75, 3.05) is 12.3 Å². The molecule has 0 unspecified atom stereocenters. The number of hydrogen-bond acceptors (Lipinski definition) is 3. The first-order chi connectivity index (χ1) is 9.81. The lowest BCUT2D eigenvalue weighted by molar-refractivity contribution is -0.127. The van der Waals surface area contributed by atoms with Crippen LogP contribution in [0.1, 0.15) is 39.7 Å². The molecule has 1 aromatic carbocycles. The molecule has 0 heterocycles. The maximum Gasteiger partial charge on any atom is 0.261 e. The van der Waals surface area contributed by atoms with Crippen LogP contribution >= 0.6 is 11.8 Å². The smallest absolute Gasteiger partial charge is 0.261 e. The van der Waals surface area contributed by atoms with E-state index in [9.17, 15) is 4.79 Å². The monoisotopic (exact) mass is 309 g/mol. The number of benzene rings is 1.